The summed E-state index contributed by atoms with van der Waals surface area (Å²) in [5, 5.41) is 3.76. The molecule has 9 heteroatoms. The van der Waals surface area contributed by atoms with Crippen LogP contribution in [-0.2, 0) is 25.0 Å². The van der Waals surface area contributed by atoms with Gasteiger partial charge < -0.3 is 15.3 Å². The fourth-order valence-electron chi connectivity index (χ4n) is 5.74. The molecule has 3 aliphatic carbocycles. The summed E-state index contributed by atoms with van der Waals surface area (Å²) >= 11 is 0. The Morgan fingerprint density at radius 2 is 1.72 bits per heavy atom. The van der Waals surface area contributed by atoms with Crippen LogP contribution in [-0.4, -0.2) is 34.6 Å². The quantitative estimate of drug-likeness (QED) is 0.499. The van der Waals surface area contributed by atoms with E-state index in [1.807, 2.05) is 20.0 Å². The lowest BCUT2D eigenvalue weighted by molar-refractivity contribution is 0.0708. The lowest BCUT2D eigenvalue weighted by atomic mass is 9.57. The Morgan fingerprint density at radius 1 is 1.03 bits per heavy atom. The van der Waals surface area contributed by atoms with Crippen molar-refractivity contribution in [1.29, 1.82) is 0 Å². The summed E-state index contributed by atoms with van der Waals surface area (Å²) < 4.78 is 3.05. The lowest BCUT2D eigenvalue weighted by Gasteiger charge is -2.53. The van der Waals surface area contributed by atoms with Crippen LogP contribution in [0, 0.1) is 0 Å². The third-order valence-corrected chi connectivity index (χ3v) is 7.69. The number of nitrogens with one attached hydrogen (secondary N) is 3. The number of nitrogens with zero attached hydrogens (tertiary/aromatic N) is 4. The van der Waals surface area contributed by atoms with Crippen LogP contribution in [0.3, 0.4) is 0 Å². The predicted molar refractivity (Wildman–Crippen MR) is 123 cm³/mol. The molecule has 0 radical (unpaired) electrons. The van der Waals surface area contributed by atoms with Gasteiger partial charge in [-0.2, -0.15) is 0 Å². The largest absolute Gasteiger partial charge is 0.348 e. The second kappa shape index (κ2) is 8.03. The second-order valence-electron chi connectivity index (χ2n) is 9.63. The van der Waals surface area contributed by atoms with E-state index in [-0.39, 0.29) is 22.2 Å². The number of aromatic amines is 2. The van der Waals surface area contributed by atoms with Crippen LogP contribution < -0.4 is 16.6 Å². The fourth-order valence-corrected chi connectivity index (χ4v) is 5.74. The molecule has 0 unspecified atom stereocenters. The molecule has 3 aliphatic rings. The third-order valence-electron chi connectivity index (χ3n) is 7.69. The SMILES string of the molecule is CCCn1c(=O)c2[nH]c(C34CCC(NCc5ncc[nH]5)(CC3)CC4)nc2n(CCC)c1=O. The minimum Gasteiger partial charge on any atom is -0.348 e. The van der Waals surface area contributed by atoms with Gasteiger partial charge in [-0.05, 0) is 51.4 Å². The number of aromatic nitrogens is 6. The Balaban J connectivity index is 1.46. The maximum Gasteiger partial charge on any atom is 0.332 e. The van der Waals surface area contributed by atoms with Crippen LogP contribution in [0.2, 0.25) is 0 Å². The molecule has 3 aromatic rings. The molecule has 0 aliphatic heterocycles. The average Bonchev–Trinajstić information content (AvgIpc) is 3.50. The smallest absolute Gasteiger partial charge is 0.332 e. The average molecular weight is 440 g/mol. The van der Waals surface area contributed by atoms with Gasteiger partial charge in [0.05, 0.1) is 6.54 Å². The van der Waals surface area contributed by atoms with Crippen molar-refractivity contribution in [3.8, 4) is 0 Å². The van der Waals surface area contributed by atoms with E-state index < -0.39 is 0 Å². The predicted octanol–water partition coefficient (Wildman–Crippen LogP) is 2.56. The van der Waals surface area contributed by atoms with E-state index in [1.165, 1.54) is 4.57 Å². The first-order chi connectivity index (χ1) is 15.5. The van der Waals surface area contributed by atoms with Gasteiger partial charge >= 0.3 is 5.69 Å². The van der Waals surface area contributed by atoms with E-state index in [0.717, 1.165) is 69.6 Å². The minimum atomic E-state index is -0.241. The first kappa shape index (κ1) is 21.2. The zero-order valence-corrected chi connectivity index (χ0v) is 19.0. The van der Waals surface area contributed by atoms with E-state index >= 15 is 0 Å². The number of imidazole rings is 2. The van der Waals surface area contributed by atoms with Crippen molar-refractivity contribution in [1.82, 2.24) is 34.4 Å². The summed E-state index contributed by atoms with van der Waals surface area (Å²) in [6.07, 6.45) is 11.5. The number of rotatable bonds is 8. The molecular formula is C23H33N7O2. The molecular weight excluding hydrogens is 406 g/mol. The number of H-pyrrole nitrogens is 2. The molecule has 172 valence electrons. The lowest BCUT2D eigenvalue weighted by Crippen LogP contribution is -2.56. The fraction of sp³-hybridized carbons (Fsp3) is 0.652. The number of fused-ring (bicyclic) bond motifs is 4. The van der Waals surface area contributed by atoms with Gasteiger partial charge in [0.1, 0.15) is 17.2 Å². The Morgan fingerprint density at radius 3 is 2.34 bits per heavy atom. The molecule has 3 heterocycles. The molecule has 3 N–H and O–H groups in total. The molecule has 3 fully saturated rings. The molecule has 3 aromatic heterocycles. The van der Waals surface area contributed by atoms with Crippen molar-refractivity contribution in [2.24, 2.45) is 0 Å². The summed E-state index contributed by atoms with van der Waals surface area (Å²) in [4.78, 5) is 41.9. The van der Waals surface area contributed by atoms with Crippen molar-refractivity contribution < 1.29 is 0 Å². The van der Waals surface area contributed by atoms with Crippen LogP contribution >= 0.6 is 0 Å². The van der Waals surface area contributed by atoms with Gasteiger partial charge in [-0.25, -0.2) is 14.8 Å². The molecule has 0 saturated heterocycles. The first-order valence-corrected chi connectivity index (χ1v) is 12.0. The standard InChI is InChI=1S/C23H33N7O2/c1-3-13-29-18-17(19(31)30(14-4-2)21(29)32)27-20(28-18)22-5-8-23(9-6-22,10-7-22)26-15-16-24-11-12-25-16/h11-12,26H,3-10,13-15H2,1-2H3,(H,24,25)(H,27,28). The maximum atomic E-state index is 13.1. The van der Waals surface area contributed by atoms with Crippen molar-refractivity contribution in [3.63, 3.8) is 0 Å². The van der Waals surface area contributed by atoms with Gasteiger partial charge in [-0.3, -0.25) is 13.9 Å². The highest BCUT2D eigenvalue weighted by molar-refractivity contribution is 5.70. The second-order valence-corrected chi connectivity index (χ2v) is 9.63. The summed E-state index contributed by atoms with van der Waals surface area (Å²) in [7, 11) is 0. The van der Waals surface area contributed by atoms with Gasteiger partial charge in [0.25, 0.3) is 5.56 Å². The van der Waals surface area contributed by atoms with E-state index in [0.29, 0.717) is 24.3 Å². The van der Waals surface area contributed by atoms with E-state index in [1.54, 1.807) is 10.8 Å². The summed E-state index contributed by atoms with van der Waals surface area (Å²) in [5.41, 5.74) is 0.637. The Kier molecular flexibility index (Phi) is 5.31. The van der Waals surface area contributed by atoms with E-state index in [2.05, 4.69) is 20.3 Å². The van der Waals surface area contributed by atoms with Crippen LogP contribution in [0.15, 0.2) is 22.0 Å². The maximum absolute atomic E-state index is 13.1. The summed E-state index contributed by atoms with van der Waals surface area (Å²) in [6.45, 7) is 5.77. The zero-order valence-electron chi connectivity index (χ0n) is 19.0. The minimum absolute atomic E-state index is 0.0394. The molecule has 0 spiro atoms. The van der Waals surface area contributed by atoms with Crippen molar-refractivity contribution in [2.45, 2.75) is 95.8 Å². The van der Waals surface area contributed by atoms with Crippen LogP contribution in [0.25, 0.3) is 11.2 Å². The number of hydrogen-bond acceptors (Lipinski definition) is 5. The molecule has 6 rings (SSSR count). The van der Waals surface area contributed by atoms with Gasteiger partial charge in [-0.1, -0.05) is 13.8 Å². The summed E-state index contributed by atoms with van der Waals surface area (Å²) in [5.74, 6) is 1.86. The normalized spacial score (nSPS) is 25.1. The van der Waals surface area contributed by atoms with Crippen LogP contribution in [0.4, 0.5) is 0 Å². The van der Waals surface area contributed by atoms with E-state index in [4.69, 9.17) is 4.98 Å². The Labute approximate surface area is 186 Å². The highest BCUT2D eigenvalue weighted by Crippen LogP contribution is 2.53. The highest BCUT2D eigenvalue weighted by Gasteiger charge is 2.50. The Bertz CT molecular complexity index is 1190. The number of aryl methyl sites for hydroxylation is 1. The highest BCUT2D eigenvalue weighted by atomic mass is 16.2. The van der Waals surface area contributed by atoms with Gasteiger partial charge in [-0.15, -0.1) is 0 Å². The monoisotopic (exact) mass is 439 g/mol. The molecule has 9 nitrogen and oxygen atoms in total. The molecule has 2 bridgehead atoms. The molecule has 0 atom stereocenters. The topological polar surface area (TPSA) is 113 Å². The van der Waals surface area contributed by atoms with Crippen molar-refractivity contribution in [2.75, 3.05) is 0 Å². The molecule has 0 aromatic carbocycles. The van der Waals surface area contributed by atoms with Gasteiger partial charge in [0.2, 0.25) is 0 Å². The Hall–Kier alpha value is -2.68. The van der Waals surface area contributed by atoms with Crippen molar-refractivity contribution in [3.05, 3.63) is 44.9 Å². The summed E-state index contributed by atoms with van der Waals surface area (Å²) in [6, 6.07) is 0. The van der Waals surface area contributed by atoms with Crippen molar-refractivity contribution >= 4 is 11.2 Å². The van der Waals surface area contributed by atoms with E-state index in [9.17, 15) is 9.59 Å². The van der Waals surface area contributed by atoms with Crippen LogP contribution in [0.5, 0.6) is 0 Å². The first-order valence-electron chi connectivity index (χ1n) is 12.0. The third kappa shape index (κ3) is 3.34. The molecule has 0 amide bonds. The van der Waals surface area contributed by atoms with Gasteiger partial charge in [0.15, 0.2) is 5.65 Å². The van der Waals surface area contributed by atoms with Crippen LogP contribution in [0.1, 0.15) is 76.9 Å². The van der Waals surface area contributed by atoms with Gasteiger partial charge in [0, 0.05) is 36.4 Å². The molecule has 32 heavy (non-hydrogen) atoms. The number of hydrogen-bond donors (Lipinski definition) is 3. The zero-order chi connectivity index (χ0) is 22.3. The molecule has 3 saturated carbocycles.